The van der Waals surface area contributed by atoms with E-state index >= 15 is 8.78 Å². The summed E-state index contributed by atoms with van der Waals surface area (Å²) >= 11 is 0. The smallest absolute Gasteiger partial charge is 0.323 e. The second kappa shape index (κ2) is 12.3. The van der Waals surface area contributed by atoms with Gasteiger partial charge in [0.25, 0.3) is 0 Å². The number of tetrazole rings is 1. The van der Waals surface area contributed by atoms with Gasteiger partial charge >= 0.3 is 5.92 Å². The maximum atomic E-state index is 16.2. The first-order valence-corrected chi connectivity index (χ1v) is 16.0. The predicted molar refractivity (Wildman–Crippen MR) is 178 cm³/mol. The fraction of sp³-hybridized carbons (Fsp3) is 0.333. The molecule has 0 radical (unpaired) electrons. The minimum Gasteiger partial charge on any atom is -0.388 e. The van der Waals surface area contributed by atoms with Crippen molar-refractivity contribution in [2.24, 2.45) is 10.9 Å². The van der Waals surface area contributed by atoms with Crippen molar-refractivity contribution in [3.8, 4) is 11.4 Å². The molecule has 48 heavy (non-hydrogen) atoms. The van der Waals surface area contributed by atoms with Crippen LogP contribution in [-0.2, 0) is 12.1 Å². The molecule has 1 saturated heterocycles. The summed E-state index contributed by atoms with van der Waals surface area (Å²) in [6, 6.07) is 19.3. The highest BCUT2D eigenvalue weighted by atomic mass is 19.3. The third-order valence-electron chi connectivity index (χ3n) is 9.65. The Kier molecular flexibility index (Phi) is 8.16. The molecule has 3 heterocycles. The second-order valence-electron chi connectivity index (χ2n) is 12.7. The van der Waals surface area contributed by atoms with Crippen LogP contribution in [0.3, 0.4) is 0 Å². The molecule has 3 aromatic carbocycles. The van der Waals surface area contributed by atoms with Crippen molar-refractivity contribution in [2.75, 3.05) is 36.0 Å². The van der Waals surface area contributed by atoms with Gasteiger partial charge in [-0.1, -0.05) is 36.9 Å². The van der Waals surface area contributed by atoms with Gasteiger partial charge in [-0.2, -0.15) is 8.78 Å². The molecule has 7 rings (SSSR count). The normalized spacial score (nSPS) is 20.7. The molecule has 2 fully saturated rings. The monoisotopic (exact) mass is 655 g/mol. The van der Waals surface area contributed by atoms with Crippen LogP contribution >= 0.6 is 0 Å². The summed E-state index contributed by atoms with van der Waals surface area (Å²) in [4.78, 5) is 8.74. The lowest BCUT2D eigenvalue weighted by Crippen LogP contribution is -2.54. The minimum absolute atomic E-state index is 0.0244. The summed E-state index contributed by atoms with van der Waals surface area (Å²) in [5.74, 6) is -4.12. The Labute approximate surface area is 276 Å². The molecule has 1 unspecified atom stereocenters. The molecule has 2 aliphatic heterocycles. The Morgan fingerprint density at radius 3 is 2.23 bits per heavy atom. The number of alkyl halides is 2. The minimum atomic E-state index is -3.94. The quantitative estimate of drug-likeness (QED) is 0.221. The third-order valence-corrected chi connectivity index (χ3v) is 9.65. The first-order valence-electron chi connectivity index (χ1n) is 16.0. The Morgan fingerprint density at radius 2 is 1.62 bits per heavy atom. The average molecular weight is 656 g/mol. The van der Waals surface area contributed by atoms with Gasteiger partial charge < -0.3 is 20.0 Å². The standard InChI is InChI=1S/C36H36F3N7O2/c1-3-32(36(38,39)35(48)22-46-34(41-42-43-46)30-20-27(37)10-15-31(30)35)40-21-23(2)24-6-11-28(12-7-24)44-16-18-45(19-17-44)29-13-8-26(9-14-29)33(47)25-4-5-25/h3,6-15,20-21,25,33,47-48H,1,4-5,16-19,22H2,2H3/b23-21+,40-32?/t33?,35-/m0/s1. The molecule has 12 heteroatoms. The number of benzene rings is 3. The molecule has 0 bridgehead atoms. The number of aliphatic hydroxyl groups excluding tert-OH is 1. The molecule has 248 valence electrons. The first-order chi connectivity index (χ1) is 23.1. The number of allylic oxidation sites excluding steroid dienone is 2. The van der Waals surface area contributed by atoms with E-state index in [1.165, 1.54) is 6.20 Å². The molecular formula is C36H36F3N7O2. The van der Waals surface area contributed by atoms with Crippen LogP contribution in [0.25, 0.3) is 17.0 Å². The molecule has 3 aliphatic rings. The van der Waals surface area contributed by atoms with Crippen LogP contribution < -0.4 is 9.80 Å². The highest BCUT2D eigenvalue weighted by molar-refractivity contribution is 6.02. The van der Waals surface area contributed by atoms with Gasteiger partial charge in [-0.3, -0.25) is 4.99 Å². The van der Waals surface area contributed by atoms with Crippen LogP contribution in [0.5, 0.6) is 0 Å². The SMILES string of the molecule is C=CC(=N/C=C(\C)c1ccc(N2CCN(c3ccc(C(O)C4CC4)cc3)CC2)cc1)C(F)(F)[C@]1(O)Cn2nnnc2-c2cc(F)ccc21. The van der Waals surface area contributed by atoms with E-state index in [9.17, 15) is 14.6 Å². The second-order valence-corrected chi connectivity index (χ2v) is 12.7. The summed E-state index contributed by atoms with van der Waals surface area (Å²) in [5, 5.41) is 33.0. The highest BCUT2D eigenvalue weighted by Crippen LogP contribution is 2.47. The predicted octanol–water partition coefficient (Wildman–Crippen LogP) is 5.77. The lowest BCUT2D eigenvalue weighted by atomic mass is 9.79. The van der Waals surface area contributed by atoms with Gasteiger partial charge in [-0.05, 0) is 95.3 Å². The molecule has 4 aromatic rings. The molecule has 1 aliphatic carbocycles. The van der Waals surface area contributed by atoms with E-state index in [1.54, 1.807) is 6.92 Å². The number of aliphatic hydroxyl groups is 2. The van der Waals surface area contributed by atoms with Crippen molar-refractivity contribution in [2.45, 2.75) is 43.9 Å². The van der Waals surface area contributed by atoms with Crippen LogP contribution in [0.4, 0.5) is 24.5 Å². The number of fused-ring (bicyclic) bond motifs is 3. The molecular weight excluding hydrogens is 619 g/mol. The van der Waals surface area contributed by atoms with Crippen LogP contribution in [0, 0.1) is 11.7 Å². The number of piperazine rings is 1. The van der Waals surface area contributed by atoms with E-state index in [-0.39, 0.29) is 23.1 Å². The van der Waals surface area contributed by atoms with Crippen LogP contribution in [0.2, 0.25) is 0 Å². The Balaban J connectivity index is 1.03. The summed E-state index contributed by atoms with van der Waals surface area (Å²) in [5.41, 5.74) is 0.838. The van der Waals surface area contributed by atoms with Crippen molar-refractivity contribution < 1.29 is 23.4 Å². The van der Waals surface area contributed by atoms with E-state index in [0.717, 1.165) is 90.5 Å². The van der Waals surface area contributed by atoms with E-state index in [4.69, 9.17) is 0 Å². The third kappa shape index (κ3) is 5.68. The maximum Gasteiger partial charge on any atom is 0.323 e. The fourth-order valence-electron chi connectivity index (χ4n) is 6.58. The molecule has 2 N–H and O–H groups in total. The van der Waals surface area contributed by atoms with E-state index in [2.05, 4.69) is 49.0 Å². The summed E-state index contributed by atoms with van der Waals surface area (Å²) in [6.07, 6.45) is 4.07. The number of nitrogens with zero attached hydrogens (tertiary/aromatic N) is 7. The molecule has 0 amide bonds. The average Bonchev–Trinajstić information content (AvgIpc) is 3.85. The fourth-order valence-corrected chi connectivity index (χ4v) is 6.58. The Bertz CT molecular complexity index is 1880. The first kappa shape index (κ1) is 31.8. The van der Waals surface area contributed by atoms with Gasteiger partial charge in [0.2, 0.25) is 0 Å². The van der Waals surface area contributed by atoms with E-state index < -0.39 is 29.6 Å². The molecule has 1 saturated carbocycles. The molecule has 1 aromatic heterocycles. The Morgan fingerprint density at radius 1 is 1.00 bits per heavy atom. The van der Waals surface area contributed by atoms with Gasteiger partial charge in [0.05, 0.1) is 12.6 Å². The number of aromatic nitrogens is 4. The Hall–Kier alpha value is -4.81. The van der Waals surface area contributed by atoms with Gasteiger partial charge in [0.15, 0.2) is 11.4 Å². The zero-order chi connectivity index (χ0) is 33.6. The summed E-state index contributed by atoms with van der Waals surface area (Å²) < 4.78 is 47.5. The zero-order valence-corrected chi connectivity index (χ0v) is 26.5. The lowest BCUT2D eigenvalue weighted by Gasteiger charge is -2.39. The van der Waals surface area contributed by atoms with Crippen molar-refractivity contribution in [1.29, 1.82) is 0 Å². The zero-order valence-electron chi connectivity index (χ0n) is 26.5. The number of aliphatic imine (C=N–C) groups is 1. The van der Waals surface area contributed by atoms with E-state index in [1.807, 2.05) is 36.4 Å². The number of hydrogen-bond acceptors (Lipinski definition) is 8. The maximum absolute atomic E-state index is 16.2. The lowest BCUT2D eigenvalue weighted by molar-refractivity contribution is -0.153. The van der Waals surface area contributed by atoms with Gasteiger partial charge in [0, 0.05) is 54.9 Å². The van der Waals surface area contributed by atoms with Crippen LogP contribution in [0.1, 0.15) is 42.6 Å². The van der Waals surface area contributed by atoms with Gasteiger partial charge in [0.1, 0.15) is 11.5 Å². The molecule has 9 nitrogen and oxygen atoms in total. The van der Waals surface area contributed by atoms with Crippen molar-refractivity contribution in [3.05, 3.63) is 108 Å². The topological polar surface area (TPSA) is 103 Å². The molecule has 0 spiro atoms. The van der Waals surface area contributed by atoms with Gasteiger partial charge in [-0.25, -0.2) is 9.07 Å². The number of hydrogen-bond donors (Lipinski definition) is 2. The summed E-state index contributed by atoms with van der Waals surface area (Å²) in [7, 11) is 0. The van der Waals surface area contributed by atoms with Gasteiger partial charge in [-0.15, -0.1) is 5.10 Å². The van der Waals surface area contributed by atoms with Crippen LogP contribution in [0.15, 0.2) is 90.6 Å². The summed E-state index contributed by atoms with van der Waals surface area (Å²) in [6.45, 7) is 8.05. The van der Waals surface area contributed by atoms with Crippen molar-refractivity contribution in [1.82, 2.24) is 20.2 Å². The van der Waals surface area contributed by atoms with Crippen molar-refractivity contribution >= 4 is 22.7 Å². The van der Waals surface area contributed by atoms with Crippen molar-refractivity contribution in [3.63, 3.8) is 0 Å². The largest absolute Gasteiger partial charge is 0.388 e. The number of anilines is 2. The molecule has 2 atom stereocenters. The van der Waals surface area contributed by atoms with Crippen LogP contribution in [-0.4, -0.2) is 68.2 Å². The highest BCUT2D eigenvalue weighted by Gasteiger charge is 2.60. The number of halogens is 3. The number of rotatable bonds is 9. The van der Waals surface area contributed by atoms with E-state index in [0.29, 0.717) is 11.5 Å².